The maximum absolute atomic E-state index is 16.9. The molecule has 0 aromatic heterocycles. The molecule has 576 valence electrons. The monoisotopic (exact) mass is 1540 g/mol. The minimum absolute atomic E-state index is 0.212. The molecule has 20 rings (SSSR count). The van der Waals surface area contributed by atoms with E-state index in [0.717, 1.165) is 95.2 Å². The molecule has 16 aromatic carbocycles. The average Bonchev–Trinajstić information content (AvgIpc) is 1.52. The summed E-state index contributed by atoms with van der Waals surface area (Å²) in [5.41, 5.74) is 37.2. The number of aryl methyl sites for hydroxylation is 7. The van der Waals surface area contributed by atoms with Gasteiger partial charge in [-0.3, -0.25) is 0 Å². The number of nitrogens with zero attached hydrogens (tertiary/aromatic N) is 1. The Hall–Kier alpha value is -13.7. The number of rotatable bonds is 20. The summed E-state index contributed by atoms with van der Waals surface area (Å²) in [6.45, 7) is 21.3. The van der Waals surface area contributed by atoms with Gasteiger partial charge >= 0.3 is 0 Å². The number of fused-ring (bicyclic) bond motifs is 16. The fraction of sp³-hybridized carbons (Fsp3) is 0.123. The predicted octanol–water partition coefficient (Wildman–Crippen LogP) is 28.6. The molecule has 16 aromatic rings. The largest absolute Gasteiger partial charge is 0.489 e. The summed E-state index contributed by atoms with van der Waals surface area (Å²) in [7, 11) is 0. The lowest BCUT2D eigenvalue weighted by atomic mass is 9.65. The smallest absolute Gasteiger partial charge is 0.128 e. The van der Waals surface area contributed by atoms with Crippen molar-refractivity contribution in [3.63, 3.8) is 0 Å². The van der Waals surface area contributed by atoms with E-state index >= 15 is 8.78 Å². The second kappa shape index (κ2) is 29.5. The van der Waals surface area contributed by atoms with Crippen LogP contribution in [0.5, 0.6) is 11.5 Å². The van der Waals surface area contributed by atoms with Gasteiger partial charge < -0.3 is 14.4 Å². The van der Waals surface area contributed by atoms with Crippen LogP contribution in [0.1, 0.15) is 151 Å². The van der Waals surface area contributed by atoms with Crippen molar-refractivity contribution >= 4 is 29.2 Å². The summed E-state index contributed by atoms with van der Waals surface area (Å²) >= 11 is 0. The Morgan fingerprint density at radius 1 is 0.303 bits per heavy atom. The molecular formula is C114H89F2NO2. The molecule has 3 nitrogen and oxygen atoms in total. The van der Waals surface area contributed by atoms with E-state index in [-0.39, 0.29) is 17.6 Å². The van der Waals surface area contributed by atoms with Crippen LogP contribution in [0.3, 0.4) is 0 Å². The molecule has 0 fully saturated rings. The zero-order chi connectivity index (χ0) is 81.0. The molecule has 1 spiro atoms. The molecule has 0 aliphatic heterocycles. The summed E-state index contributed by atoms with van der Waals surface area (Å²) < 4.78 is 46.6. The highest BCUT2D eigenvalue weighted by Crippen LogP contribution is 2.65. The first kappa shape index (κ1) is 74.1. The standard InChI is InChI=1S/C114H89F2NO2/c1-9-77-33-37-80(38-34-77)69-118-89-52-45-84(46-53-89)112(104-61-71(3)27-29-73(104)5)100-23-15-11-19-92(100)97-58-44-82(64-107(97)112)91(83-43-31-75(7)110(115)65-83)56-41-79-42-57-96-94-21-13-17-25-102(94)114(106(96)63-79)103-26-18-14-22-95(103)99-60-51-87(67-109(99)114)117(88-49-32-76(8)111(116)68-88)86-50-59-98-93-20-12-16-24-101(93)113(108(98)66-86,105-62-72(4)28-30-74(105)6)85-47-54-90(55-48-85)119-70-81-39-35-78(10-2)36-40-81/h9-40,42-55,57-68,91H,1-2,41,56,69-70H2,3-8H3. The minimum atomic E-state index is -0.790. The first-order valence-electron chi connectivity index (χ1n) is 41.5. The van der Waals surface area contributed by atoms with Gasteiger partial charge in [0.25, 0.3) is 0 Å². The Kier molecular flexibility index (Phi) is 18.3. The highest BCUT2D eigenvalue weighted by atomic mass is 19.1. The van der Waals surface area contributed by atoms with Crippen LogP contribution in [0.2, 0.25) is 0 Å². The van der Waals surface area contributed by atoms with Gasteiger partial charge in [-0.25, -0.2) is 8.78 Å². The summed E-state index contributed by atoms with van der Waals surface area (Å²) in [5.74, 6) is 0.855. The van der Waals surface area contributed by atoms with Gasteiger partial charge in [0.1, 0.15) is 36.3 Å². The molecule has 0 saturated heterocycles. The van der Waals surface area contributed by atoms with E-state index in [0.29, 0.717) is 42.9 Å². The molecule has 0 saturated carbocycles. The third kappa shape index (κ3) is 12.0. The van der Waals surface area contributed by atoms with Crippen molar-refractivity contribution in [2.45, 2.75) is 89.8 Å². The van der Waals surface area contributed by atoms with Gasteiger partial charge in [-0.15, -0.1) is 0 Å². The molecule has 5 heteroatoms. The van der Waals surface area contributed by atoms with Gasteiger partial charge in [0.15, 0.2) is 0 Å². The third-order valence-corrected chi connectivity index (χ3v) is 26.3. The molecule has 0 bridgehead atoms. The molecule has 0 radical (unpaired) electrons. The van der Waals surface area contributed by atoms with Crippen LogP contribution in [0.25, 0.3) is 56.7 Å². The zero-order valence-corrected chi connectivity index (χ0v) is 67.8. The molecule has 0 N–H and O–H groups in total. The van der Waals surface area contributed by atoms with Gasteiger partial charge in [-0.2, -0.15) is 0 Å². The molecule has 4 unspecified atom stereocenters. The maximum Gasteiger partial charge on any atom is 0.128 e. The number of benzene rings is 16. The van der Waals surface area contributed by atoms with Crippen LogP contribution in [0.4, 0.5) is 25.8 Å². The Labute approximate surface area is 697 Å². The predicted molar refractivity (Wildman–Crippen MR) is 485 cm³/mol. The normalized spacial score (nSPS) is 16.2. The Morgan fingerprint density at radius 3 is 1.12 bits per heavy atom. The average molecular weight is 1540 g/mol. The third-order valence-electron chi connectivity index (χ3n) is 26.3. The molecular weight excluding hydrogens is 1450 g/mol. The van der Waals surface area contributed by atoms with Gasteiger partial charge in [0.05, 0.1) is 16.2 Å². The number of hydrogen-bond acceptors (Lipinski definition) is 3. The zero-order valence-electron chi connectivity index (χ0n) is 67.8. The quantitative estimate of drug-likeness (QED) is 0.0759. The van der Waals surface area contributed by atoms with Crippen LogP contribution in [-0.4, -0.2) is 0 Å². The molecule has 4 atom stereocenters. The van der Waals surface area contributed by atoms with E-state index in [1.54, 1.807) is 12.1 Å². The lowest BCUT2D eigenvalue weighted by Gasteiger charge is -2.36. The summed E-state index contributed by atoms with van der Waals surface area (Å²) in [6.07, 6.45) is 5.09. The summed E-state index contributed by atoms with van der Waals surface area (Å²) in [5, 5.41) is 0. The van der Waals surface area contributed by atoms with Gasteiger partial charge in [0, 0.05) is 23.0 Å². The van der Waals surface area contributed by atoms with Crippen LogP contribution in [0, 0.1) is 53.2 Å². The van der Waals surface area contributed by atoms with Crippen molar-refractivity contribution in [3.05, 3.63) is 504 Å². The van der Waals surface area contributed by atoms with Crippen molar-refractivity contribution < 1.29 is 18.3 Å². The number of ether oxygens (including phenoxy) is 2. The van der Waals surface area contributed by atoms with Crippen molar-refractivity contribution in [1.82, 2.24) is 0 Å². The molecule has 4 aliphatic rings. The summed E-state index contributed by atoms with van der Waals surface area (Å²) in [6, 6.07) is 123. The Morgan fingerprint density at radius 2 is 0.655 bits per heavy atom. The van der Waals surface area contributed by atoms with E-state index in [1.165, 1.54) is 100 Å². The second-order valence-corrected chi connectivity index (χ2v) is 33.1. The molecule has 0 heterocycles. The van der Waals surface area contributed by atoms with Crippen LogP contribution >= 0.6 is 0 Å². The van der Waals surface area contributed by atoms with Gasteiger partial charge in [-0.1, -0.05) is 309 Å². The molecule has 0 amide bonds. The fourth-order valence-corrected chi connectivity index (χ4v) is 20.4. The number of hydrogen-bond donors (Lipinski definition) is 0. The van der Waals surface area contributed by atoms with E-state index in [9.17, 15) is 0 Å². The lowest BCUT2D eigenvalue weighted by molar-refractivity contribution is 0.306. The van der Waals surface area contributed by atoms with Crippen LogP contribution < -0.4 is 14.4 Å². The van der Waals surface area contributed by atoms with E-state index in [2.05, 4.69) is 361 Å². The Balaban J connectivity index is 0.713. The molecule has 119 heavy (non-hydrogen) atoms. The highest BCUT2D eigenvalue weighted by molar-refractivity contribution is 5.98. The SMILES string of the molecule is C=Cc1ccc(COc2ccc(C3(c4cc(C)ccc4C)c4ccccc4-c4ccc(C(CCc5ccc6c(c5)C5(c7ccccc7-6)c6ccccc6-c6ccc(N(c7ccc(C)c(F)c7)c7ccc8c(c7)C(c7ccc(OCc9ccc(C=C)cc9)cc7)(c7cc(C)ccc7C)c7ccccc7-8)cc65)c5ccc(C)c(F)c5)cc43)cc2)cc1. The van der Waals surface area contributed by atoms with E-state index in [1.807, 2.05) is 38.1 Å². The van der Waals surface area contributed by atoms with Gasteiger partial charge in [-0.05, 0) is 294 Å². The fourth-order valence-electron chi connectivity index (χ4n) is 20.4. The van der Waals surface area contributed by atoms with Gasteiger partial charge in [0.2, 0.25) is 0 Å². The van der Waals surface area contributed by atoms with E-state index in [4.69, 9.17) is 9.47 Å². The van der Waals surface area contributed by atoms with Crippen molar-refractivity contribution in [2.75, 3.05) is 4.90 Å². The topological polar surface area (TPSA) is 21.7 Å². The first-order valence-corrected chi connectivity index (χ1v) is 41.5. The van der Waals surface area contributed by atoms with Crippen molar-refractivity contribution in [1.29, 1.82) is 0 Å². The van der Waals surface area contributed by atoms with Crippen molar-refractivity contribution in [3.8, 4) is 56.0 Å². The van der Waals surface area contributed by atoms with Crippen molar-refractivity contribution in [2.24, 2.45) is 0 Å². The number of anilines is 3. The van der Waals surface area contributed by atoms with Crippen LogP contribution in [0.15, 0.2) is 353 Å². The van der Waals surface area contributed by atoms with E-state index < -0.39 is 16.2 Å². The number of halogens is 2. The lowest BCUT2D eigenvalue weighted by Crippen LogP contribution is -2.30. The molecule has 4 aliphatic carbocycles. The minimum Gasteiger partial charge on any atom is -0.489 e. The van der Waals surface area contributed by atoms with Crippen LogP contribution in [-0.2, 0) is 35.9 Å². The second-order valence-electron chi connectivity index (χ2n) is 33.1. The summed E-state index contributed by atoms with van der Waals surface area (Å²) in [4.78, 5) is 2.28. The maximum atomic E-state index is 16.9. The first-order chi connectivity index (χ1) is 58.1. The highest BCUT2D eigenvalue weighted by Gasteiger charge is 2.53. The Bertz CT molecular complexity index is 6760.